The molecule has 1 atom stereocenters. The van der Waals surface area contributed by atoms with E-state index in [0.29, 0.717) is 6.54 Å². The average Bonchev–Trinajstić information content (AvgIpc) is 2.52. The molecular weight excluding hydrogens is 269 g/mol. The second-order valence-corrected chi connectivity index (χ2v) is 4.92. The highest BCUT2D eigenvalue weighted by Gasteiger charge is 2.09. The first kappa shape index (κ1) is 15.5. The van der Waals surface area contributed by atoms with Crippen LogP contribution in [-0.4, -0.2) is 24.9 Å². The monoisotopic (exact) mass is 289 g/mol. The van der Waals surface area contributed by atoms with Gasteiger partial charge in [0.2, 0.25) is 0 Å². The van der Waals surface area contributed by atoms with E-state index in [1.807, 2.05) is 36.4 Å². The minimum atomic E-state index is -0.375. The standard InChI is InChI=1S/C17H20FNO2/c1-21-17-8-7-14(10-16(17)18)11-19-15(12-20)9-13-5-3-2-4-6-13/h2-8,10,15,19-20H,9,11-12H2,1H3/t15-/m1/s1. The molecule has 2 N–H and O–H groups in total. The predicted molar refractivity (Wildman–Crippen MR) is 80.8 cm³/mol. The molecule has 21 heavy (non-hydrogen) atoms. The lowest BCUT2D eigenvalue weighted by Gasteiger charge is -2.16. The zero-order chi connectivity index (χ0) is 15.1. The van der Waals surface area contributed by atoms with E-state index in [1.54, 1.807) is 6.07 Å². The molecule has 0 saturated carbocycles. The lowest BCUT2D eigenvalue weighted by Crippen LogP contribution is -2.34. The summed E-state index contributed by atoms with van der Waals surface area (Å²) >= 11 is 0. The van der Waals surface area contributed by atoms with Gasteiger partial charge in [0.1, 0.15) is 0 Å². The van der Waals surface area contributed by atoms with Crippen molar-refractivity contribution in [2.45, 2.75) is 19.0 Å². The van der Waals surface area contributed by atoms with E-state index in [9.17, 15) is 9.50 Å². The van der Waals surface area contributed by atoms with Crippen molar-refractivity contribution < 1.29 is 14.2 Å². The number of hydrogen-bond donors (Lipinski definition) is 2. The van der Waals surface area contributed by atoms with Crippen LogP contribution in [0.5, 0.6) is 5.75 Å². The molecule has 2 aromatic rings. The number of hydrogen-bond acceptors (Lipinski definition) is 3. The van der Waals surface area contributed by atoms with E-state index in [-0.39, 0.29) is 24.2 Å². The van der Waals surface area contributed by atoms with Gasteiger partial charge in [0.05, 0.1) is 13.7 Å². The topological polar surface area (TPSA) is 41.5 Å². The molecule has 112 valence electrons. The van der Waals surface area contributed by atoms with Gasteiger partial charge in [-0.2, -0.15) is 0 Å². The summed E-state index contributed by atoms with van der Waals surface area (Å²) in [5.41, 5.74) is 1.98. The molecule has 0 aliphatic rings. The van der Waals surface area contributed by atoms with Gasteiger partial charge in [-0.25, -0.2) is 4.39 Å². The fourth-order valence-corrected chi connectivity index (χ4v) is 2.18. The zero-order valence-electron chi connectivity index (χ0n) is 12.1. The summed E-state index contributed by atoms with van der Waals surface area (Å²) in [6, 6.07) is 14.8. The molecular formula is C17H20FNO2. The molecule has 0 spiro atoms. The summed E-state index contributed by atoms with van der Waals surface area (Å²) in [5, 5.41) is 12.7. The van der Waals surface area contributed by atoms with Crippen molar-refractivity contribution >= 4 is 0 Å². The largest absolute Gasteiger partial charge is 0.494 e. The van der Waals surface area contributed by atoms with Crippen LogP contribution in [0.2, 0.25) is 0 Å². The first-order valence-electron chi connectivity index (χ1n) is 6.93. The van der Waals surface area contributed by atoms with Crippen molar-refractivity contribution in [1.82, 2.24) is 5.32 Å². The van der Waals surface area contributed by atoms with E-state index in [1.165, 1.54) is 13.2 Å². The van der Waals surface area contributed by atoms with Crippen LogP contribution in [0.15, 0.2) is 48.5 Å². The summed E-state index contributed by atoms with van der Waals surface area (Å²) in [4.78, 5) is 0. The Kier molecular flexibility index (Phi) is 5.72. The minimum absolute atomic E-state index is 0.0352. The van der Waals surface area contributed by atoms with Crippen molar-refractivity contribution in [3.63, 3.8) is 0 Å². The Balaban J connectivity index is 1.92. The van der Waals surface area contributed by atoms with E-state index in [4.69, 9.17) is 4.74 Å². The highest BCUT2D eigenvalue weighted by Crippen LogP contribution is 2.17. The first-order valence-corrected chi connectivity index (χ1v) is 6.93. The Morgan fingerprint density at radius 1 is 1.14 bits per heavy atom. The number of aliphatic hydroxyl groups is 1. The van der Waals surface area contributed by atoms with Crippen molar-refractivity contribution in [2.24, 2.45) is 0 Å². The average molecular weight is 289 g/mol. The number of aliphatic hydroxyl groups excluding tert-OH is 1. The Morgan fingerprint density at radius 3 is 2.52 bits per heavy atom. The van der Waals surface area contributed by atoms with Crippen LogP contribution in [0.25, 0.3) is 0 Å². The molecule has 4 heteroatoms. The Hall–Kier alpha value is -1.91. The fourth-order valence-electron chi connectivity index (χ4n) is 2.18. The number of benzene rings is 2. The van der Waals surface area contributed by atoms with E-state index in [0.717, 1.165) is 17.5 Å². The van der Waals surface area contributed by atoms with Gasteiger partial charge in [-0.1, -0.05) is 36.4 Å². The van der Waals surface area contributed by atoms with Crippen LogP contribution in [0, 0.1) is 5.82 Å². The third kappa shape index (κ3) is 4.55. The smallest absolute Gasteiger partial charge is 0.165 e. The number of rotatable bonds is 7. The maximum Gasteiger partial charge on any atom is 0.165 e. The van der Waals surface area contributed by atoms with Gasteiger partial charge in [0, 0.05) is 12.6 Å². The van der Waals surface area contributed by atoms with E-state index < -0.39 is 0 Å². The lowest BCUT2D eigenvalue weighted by atomic mass is 10.1. The highest BCUT2D eigenvalue weighted by atomic mass is 19.1. The number of halogens is 1. The molecule has 0 radical (unpaired) electrons. The number of ether oxygens (including phenoxy) is 1. The normalized spacial score (nSPS) is 12.1. The number of methoxy groups -OCH3 is 1. The van der Waals surface area contributed by atoms with Gasteiger partial charge in [0.25, 0.3) is 0 Å². The van der Waals surface area contributed by atoms with Crippen molar-refractivity contribution in [3.8, 4) is 5.75 Å². The maximum atomic E-state index is 13.6. The third-order valence-corrected chi connectivity index (χ3v) is 3.36. The zero-order valence-corrected chi connectivity index (χ0v) is 12.1. The van der Waals surface area contributed by atoms with Gasteiger partial charge < -0.3 is 15.2 Å². The third-order valence-electron chi connectivity index (χ3n) is 3.36. The Morgan fingerprint density at radius 2 is 1.90 bits per heavy atom. The molecule has 0 aliphatic carbocycles. The van der Waals surface area contributed by atoms with Crippen LogP contribution in [0.4, 0.5) is 4.39 Å². The number of nitrogens with one attached hydrogen (secondary N) is 1. The quantitative estimate of drug-likeness (QED) is 0.823. The molecule has 0 bridgehead atoms. The van der Waals surface area contributed by atoms with Gasteiger partial charge >= 0.3 is 0 Å². The second kappa shape index (κ2) is 7.76. The van der Waals surface area contributed by atoms with Gasteiger partial charge in [0.15, 0.2) is 11.6 Å². The van der Waals surface area contributed by atoms with Gasteiger partial charge in [-0.3, -0.25) is 0 Å². The highest BCUT2D eigenvalue weighted by molar-refractivity contribution is 5.29. The molecule has 3 nitrogen and oxygen atoms in total. The molecule has 0 fully saturated rings. The SMILES string of the molecule is COc1ccc(CN[C@@H](CO)Cc2ccccc2)cc1F. The summed E-state index contributed by atoms with van der Waals surface area (Å²) in [6.45, 7) is 0.534. The predicted octanol–water partition coefficient (Wildman–Crippen LogP) is 2.53. The molecule has 2 rings (SSSR count). The molecule has 0 aromatic heterocycles. The Labute approximate surface area is 124 Å². The van der Waals surface area contributed by atoms with Crippen molar-refractivity contribution in [2.75, 3.05) is 13.7 Å². The molecule has 0 heterocycles. The molecule has 0 saturated heterocycles. The van der Waals surface area contributed by atoms with Crippen molar-refractivity contribution in [1.29, 1.82) is 0 Å². The Bertz CT molecular complexity index is 560. The summed E-state index contributed by atoms with van der Waals surface area (Å²) in [6.07, 6.45) is 0.732. The van der Waals surface area contributed by atoms with E-state index in [2.05, 4.69) is 5.32 Å². The molecule has 2 aromatic carbocycles. The summed E-state index contributed by atoms with van der Waals surface area (Å²) in [5.74, 6) is -0.137. The van der Waals surface area contributed by atoms with Crippen LogP contribution in [-0.2, 0) is 13.0 Å². The maximum absolute atomic E-state index is 13.6. The fraction of sp³-hybridized carbons (Fsp3) is 0.294. The summed E-state index contributed by atoms with van der Waals surface area (Å²) < 4.78 is 18.5. The van der Waals surface area contributed by atoms with Crippen LogP contribution >= 0.6 is 0 Å². The summed E-state index contributed by atoms with van der Waals surface area (Å²) in [7, 11) is 1.44. The second-order valence-electron chi connectivity index (χ2n) is 4.92. The minimum Gasteiger partial charge on any atom is -0.494 e. The molecule has 0 unspecified atom stereocenters. The molecule has 0 amide bonds. The van der Waals surface area contributed by atoms with Crippen LogP contribution in [0.1, 0.15) is 11.1 Å². The van der Waals surface area contributed by atoms with Gasteiger partial charge in [-0.15, -0.1) is 0 Å². The molecule has 0 aliphatic heterocycles. The lowest BCUT2D eigenvalue weighted by molar-refractivity contribution is 0.240. The first-order chi connectivity index (χ1) is 10.2. The van der Waals surface area contributed by atoms with E-state index >= 15 is 0 Å². The van der Waals surface area contributed by atoms with Gasteiger partial charge in [-0.05, 0) is 29.7 Å². The van der Waals surface area contributed by atoms with Crippen molar-refractivity contribution in [3.05, 3.63) is 65.5 Å². The van der Waals surface area contributed by atoms with Crippen LogP contribution < -0.4 is 10.1 Å². The van der Waals surface area contributed by atoms with Crippen LogP contribution in [0.3, 0.4) is 0 Å².